The lowest BCUT2D eigenvalue weighted by atomic mass is 10.1. The van der Waals surface area contributed by atoms with Gasteiger partial charge < -0.3 is 9.88 Å². The van der Waals surface area contributed by atoms with Gasteiger partial charge in [0, 0.05) is 20.0 Å². The van der Waals surface area contributed by atoms with Gasteiger partial charge in [0.2, 0.25) is 5.01 Å². The van der Waals surface area contributed by atoms with Gasteiger partial charge in [-0.1, -0.05) is 35.2 Å². The number of carbonyl (C=O) groups excluding carboxylic acids is 1. The van der Waals surface area contributed by atoms with E-state index in [-0.39, 0.29) is 40.7 Å². The van der Waals surface area contributed by atoms with E-state index in [2.05, 4.69) is 25.7 Å². The highest BCUT2D eigenvalue weighted by molar-refractivity contribution is 7.98. The first kappa shape index (κ1) is 22.8. The first-order valence-electron chi connectivity index (χ1n) is 9.85. The summed E-state index contributed by atoms with van der Waals surface area (Å²) in [6.07, 6.45) is 1.24. The van der Waals surface area contributed by atoms with Gasteiger partial charge in [0.1, 0.15) is 16.6 Å². The molecule has 0 spiro atoms. The van der Waals surface area contributed by atoms with E-state index in [9.17, 15) is 17.6 Å². The van der Waals surface area contributed by atoms with Crippen LogP contribution in [-0.2, 0) is 35.6 Å². The second kappa shape index (κ2) is 9.63. The van der Waals surface area contributed by atoms with E-state index in [4.69, 9.17) is 0 Å². The summed E-state index contributed by atoms with van der Waals surface area (Å²) in [6, 6.07) is 5.90. The summed E-state index contributed by atoms with van der Waals surface area (Å²) in [5.41, 5.74) is 0.785. The maximum Gasteiger partial charge on any atom is 0.282 e. The number of amides is 1. The number of thioether (sulfide) groups is 1. The highest BCUT2D eigenvalue weighted by Crippen LogP contribution is 2.26. The van der Waals surface area contributed by atoms with Gasteiger partial charge in [0.15, 0.2) is 15.0 Å². The fourth-order valence-corrected chi connectivity index (χ4v) is 6.86. The molecule has 0 aliphatic carbocycles. The molecule has 1 saturated heterocycles. The Morgan fingerprint density at radius 3 is 2.75 bits per heavy atom. The smallest absolute Gasteiger partial charge is 0.282 e. The summed E-state index contributed by atoms with van der Waals surface area (Å²) in [7, 11) is -1.06. The minimum absolute atomic E-state index is 0.0832. The number of nitrogens with one attached hydrogen (secondary N) is 1. The molecule has 2 aromatic heterocycles. The van der Waals surface area contributed by atoms with Crippen LogP contribution in [0.4, 0.5) is 4.39 Å². The summed E-state index contributed by atoms with van der Waals surface area (Å²) in [6.45, 7) is 0.271. The lowest BCUT2D eigenvalue weighted by Crippen LogP contribution is -2.22. The van der Waals surface area contributed by atoms with E-state index in [1.165, 1.54) is 35.2 Å². The minimum atomic E-state index is -2.92. The Labute approximate surface area is 192 Å². The van der Waals surface area contributed by atoms with Crippen LogP contribution in [0.15, 0.2) is 29.4 Å². The molecule has 1 unspecified atom stereocenters. The van der Waals surface area contributed by atoms with Crippen LogP contribution in [0, 0.1) is 11.7 Å². The number of carbonyl (C=O) groups is 1. The number of hydrogen-bond donors (Lipinski definition) is 1. The predicted octanol–water partition coefficient (Wildman–Crippen LogP) is 2.01. The maximum atomic E-state index is 13.0. The SMILES string of the molecule is Cn1c(CC2CCS(=O)(=O)C2)nnc1SCc1nnc(C(=O)NCc2ccc(F)cc2)s1. The number of rotatable bonds is 8. The minimum Gasteiger partial charge on any atom is -0.346 e. The summed E-state index contributed by atoms with van der Waals surface area (Å²) in [4.78, 5) is 12.3. The highest BCUT2D eigenvalue weighted by Gasteiger charge is 2.29. The van der Waals surface area contributed by atoms with Gasteiger partial charge in [0.25, 0.3) is 5.91 Å². The van der Waals surface area contributed by atoms with Gasteiger partial charge in [-0.3, -0.25) is 4.79 Å². The summed E-state index contributed by atoms with van der Waals surface area (Å²) < 4.78 is 38.1. The van der Waals surface area contributed by atoms with E-state index in [0.717, 1.165) is 11.4 Å². The van der Waals surface area contributed by atoms with E-state index in [1.54, 1.807) is 12.1 Å². The molecule has 0 radical (unpaired) electrons. The lowest BCUT2D eigenvalue weighted by molar-refractivity contribution is 0.0950. The molecule has 170 valence electrons. The van der Waals surface area contributed by atoms with Crippen molar-refractivity contribution in [1.29, 1.82) is 0 Å². The Hall–Kier alpha value is -2.38. The lowest BCUT2D eigenvalue weighted by Gasteiger charge is -2.07. The molecule has 32 heavy (non-hydrogen) atoms. The van der Waals surface area contributed by atoms with Crippen LogP contribution in [0.3, 0.4) is 0 Å². The third kappa shape index (κ3) is 5.70. The molecule has 1 aromatic carbocycles. The Morgan fingerprint density at radius 2 is 2.03 bits per heavy atom. The van der Waals surface area contributed by atoms with Crippen molar-refractivity contribution < 1.29 is 17.6 Å². The zero-order chi connectivity index (χ0) is 22.7. The van der Waals surface area contributed by atoms with Crippen molar-refractivity contribution in [3.05, 3.63) is 51.5 Å². The Balaban J connectivity index is 1.29. The number of nitrogens with zero attached hydrogens (tertiary/aromatic N) is 5. The van der Waals surface area contributed by atoms with E-state index in [1.807, 2.05) is 11.6 Å². The van der Waals surface area contributed by atoms with E-state index in [0.29, 0.717) is 28.8 Å². The van der Waals surface area contributed by atoms with Crippen molar-refractivity contribution in [3.8, 4) is 0 Å². The quantitative estimate of drug-likeness (QED) is 0.470. The Morgan fingerprint density at radius 1 is 1.25 bits per heavy atom. The molecule has 3 heterocycles. The second-order valence-corrected chi connectivity index (χ2v) is 11.8. The van der Waals surface area contributed by atoms with Crippen molar-refractivity contribution >= 4 is 38.8 Å². The summed E-state index contributed by atoms with van der Waals surface area (Å²) >= 11 is 2.62. The molecule has 1 N–H and O–H groups in total. The van der Waals surface area contributed by atoms with Crippen molar-refractivity contribution in [3.63, 3.8) is 0 Å². The number of sulfone groups is 1. The van der Waals surface area contributed by atoms with Crippen molar-refractivity contribution in [2.75, 3.05) is 11.5 Å². The van der Waals surface area contributed by atoms with Gasteiger partial charge in [0.05, 0.1) is 17.3 Å². The molecule has 4 rings (SSSR count). The average Bonchev–Trinajstić information content (AvgIpc) is 3.46. The van der Waals surface area contributed by atoms with Crippen LogP contribution in [0.1, 0.15) is 32.6 Å². The van der Waals surface area contributed by atoms with Crippen molar-refractivity contribution in [2.24, 2.45) is 13.0 Å². The van der Waals surface area contributed by atoms with Crippen LogP contribution < -0.4 is 5.32 Å². The van der Waals surface area contributed by atoms with E-state index < -0.39 is 9.84 Å². The van der Waals surface area contributed by atoms with Gasteiger partial charge in [-0.15, -0.1) is 20.4 Å². The van der Waals surface area contributed by atoms with Gasteiger partial charge in [-0.05, 0) is 30.0 Å². The normalized spacial score (nSPS) is 17.5. The number of hydrogen-bond acceptors (Lipinski definition) is 9. The molecule has 9 nitrogen and oxygen atoms in total. The van der Waals surface area contributed by atoms with E-state index >= 15 is 0 Å². The number of halogens is 1. The van der Waals surface area contributed by atoms with Crippen LogP contribution >= 0.6 is 23.1 Å². The van der Waals surface area contributed by atoms with Gasteiger partial charge in [-0.25, -0.2) is 12.8 Å². The molecular weight excluding hydrogens is 475 g/mol. The molecule has 0 saturated carbocycles. The van der Waals surface area contributed by atoms with Crippen LogP contribution in [0.25, 0.3) is 0 Å². The number of benzene rings is 1. The summed E-state index contributed by atoms with van der Waals surface area (Å²) in [5, 5.41) is 20.8. The molecule has 1 aliphatic rings. The van der Waals surface area contributed by atoms with Crippen molar-refractivity contribution in [1.82, 2.24) is 30.3 Å². The maximum absolute atomic E-state index is 13.0. The number of aromatic nitrogens is 5. The van der Waals surface area contributed by atoms with Gasteiger partial charge in [-0.2, -0.15) is 0 Å². The van der Waals surface area contributed by atoms with Crippen LogP contribution in [0.2, 0.25) is 0 Å². The third-order valence-corrected chi connectivity index (χ3v) is 9.05. The first-order valence-corrected chi connectivity index (χ1v) is 13.5. The third-order valence-electron chi connectivity index (χ3n) is 5.08. The molecule has 1 amide bonds. The van der Waals surface area contributed by atoms with Crippen LogP contribution in [0.5, 0.6) is 0 Å². The van der Waals surface area contributed by atoms with Crippen molar-refractivity contribution in [2.45, 2.75) is 30.3 Å². The van der Waals surface area contributed by atoms with Gasteiger partial charge >= 0.3 is 0 Å². The first-order chi connectivity index (χ1) is 15.3. The molecule has 13 heteroatoms. The topological polar surface area (TPSA) is 120 Å². The predicted molar refractivity (Wildman–Crippen MR) is 119 cm³/mol. The molecule has 1 fully saturated rings. The molecule has 1 aliphatic heterocycles. The average molecular weight is 497 g/mol. The zero-order valence-electron chi connectivity index (χ0n) is 17.2. The second-order valence-electron chi connectivity index (χ2n) is 7.53. The van der Waals surface area contributed by atoms with Crippen LogP contribution in [-0.4, -0.2) is 50.8 Å². The molecule has 0 bridgehead atoms. The zero-order valence-corrected chi connectivity index (χ0v) is 19.6. The fourth-order valence-electron chi connectivity index (χ4n) is 3.33. The monoisotopic (exact) mass is 496 g/mol. The standard InChI is InChI=1S/C19H21FN6O3S3/c1-26-15(8-13-6-7-32(28,29)11-13)22-25-19(26)30-10-16-23-24-18(31-16)17(27)21-9-12-2-4-14(20)5-3-12/h2-5,13H,6-11H2,1H3,(H,21,27). The molecule has 1 atom stereocenters. The molecule has 3 aromatic rings. The Bertz CT molecular complexity index is 1210. The Kier molecular flexibility index (Phi) is 6.86. The largest absolute Gasteiger partial charge is 0.346 e. The fraction of sp³-hybridized carbons (Fsp3) is 0.421. The highest BCUT2D eigenvalue weighted by atomic mass is 32.2. The molecular formula is C19H21FN6O3S3. The summed E-state index contributed by atoms with van der Waals surface area (Å²) in [5.74, 6) is 1.11.